The van der Waals surface area contributed by atoms with E-state index in [9.17, 15) is 8.78 Å². The molecular formula is C15H14BrF2NO. The molecule has 1 unspecified atom stereocenters. The van der Waals surface area contributed by atoms with Crippen LogP contribution in [0.2, 0.25) is 0 Å². The molecule has 5 heteroatoms. The molecule has 0 aliphatic carbocycles. The van der Waals surface area contributed by atoms with Crippen molar-refractivity contribution in [1.82, 2.24) is 0 Å². The molecule has 2 N–H and O–H groups in total. The van der Waals surface area contributed by atoms with Crippen molar-refractivity contribution >= 4 is 15.9 Å². The summed E-state index contributed by atoms with van der Waals surface area (Å²) in [6.07, 6.45) is 0. The van der Waals surface area contributed by atoms with Gasteiger partial charge in [-0.1, -0.05) is 6.07 Å². The topological polar surface area (TPSA) is 35.2 Å². The molecule has 2 rings (SSSR count). The van der Waals surface area contributed by atoms with Gasteiger partial charge in [-0.3, -0.25) is 0 Å². The van der Waals surface area contributed by atoms with Crippen LogP contribution >= 0.6 is 15.9 Å². The number of nitrogens with two attached hydrogens (primary N) is 1. The summed E-state index contributed by atoms with van der Waals surface area (Å²) in [4.78, 5) is 0. The molecule has 0 spiro atoms. The van der Waals surface area contributed by atoms with Gasteiger partial charge in [0.1, 0.15) is 17.4 Å². The molecule has 0 aromatic heterocycles. The Morgan fingerprint density at radius 1 is 1.15 bits per heavy atom. The quantitative estimate of drug-likeness (QED) is 0.912. The van der Waals surface area contributed by atoms with Gasteiger partial charge in [0.15, 0.2) is 0 Å². The van der Waals surface area contributed by atoms with Crippen LogP contribution in [0.5, 0.6) is 5.75 Å². The lowest BCUT2D eigenvalue weighted by Gasteiger charge is -2.17. The first-order valence-electron chi connectivity index (χ1n) is 5.98. The van der Waals surface area contributed by atoms with E-state index in [2.05, 4.69) is 15.9 Å². The Hall–Kier alpha value is -1.46. The van der Waals surface area contributed by atoms with Crippen molar-refractivity contribution in [3.63, 3.8) is 0 Å². The highest BCUT2D eigenvalue weighted by atomic mass is 79.9. The predicted molar refractivity (Wildman–Crippen MR) is 77.8 cm³/mol. The second kappa shape index (κ2) is 5.89. The Morgan fingerprint density at radius 3 is 2.45 bits per heavy atom. The fourth-order valence-corrected chi connectivity index (χ4v) is 2.45. The van der Waals surface area contributed by atoms with Crippen LogP contribution in [0.4, 0.5) is 8.78 Å². The molecule has 106 valence electrons. The maximum absolute atomic E-state index is 13.5. The van der Waals surface area contributed by atoms with Crippen LogP contribution in [-0.2, 0) is 0 Å². The lowest BCUT2D eigenvalue weighted by atomic mass is 9.97. The SMILES string of the molecule is COc1cc(F)c(Br)cc1C(N)c1cc(C)cc(F)c1. The lowest BCUT2D eigenvalue weighted by Crippen LogP contribution is -2.14. The van der Waals surface area contributed by atoms with Gasteiger partial charge in [-0.25, -0.2) is 8.78 Å². The minimum atomic E-state index is -0.601. The van der Waals surface area contributed by atoms with Crippen molar-refractivity contribution in [1.29, 1.82) is 0 Å². The lowest BCUT2D eigenvalue weighted by molar-refractivity contribution is 0.404. The molecule has 0 radical (unpaired) electrons. The zero-order valence-corrected chi connectivity index (χ0v) is 12.7. The zero-order valence-electron chi connectivity index (χ0n) is 11.1. The number of benzene rings is 2. The van der Waals surface area contributed by atoms with Gasteiger partial charge in [-0.15, -0.1) is 0 Å². The van der Waals surface area contributed by atoms with Gasteiger partial charge in [0, 0.05) is 11.6 Å². The smallest absolute Gasteiger partial charge is 0.141 e. The summed E-state index contributed by atoms with van der Waals surface area (Å²) in [5.74, 6) is -0.455. The fraction of sp³-hybridized carbons (Fsp3) is 0.200. The number of hydrogen-bond acceptors (Lipinski definition) is 2. The van der Waals surface area contributed by atoms with E-state index in [0.29, 0.717) is 16.9 Å². The Bertz CT molecular complexity index is 626. The summed E-state index contributed by atoms with van der Waals surface area (Å²) >= 11 is 3.12. The van der Waals surface area contributed by atoms with Crippen LogP contribution in [0, 0.1) is 18.6 Å². The summed E-state index contributed by atoms with van der Waals surface area (Å²) in [6, 6.07) is 6.80. The predicted octanol–water partition coefficient (Wildman–Crippen LogP) is 4.09. The van der Waals surface area contributed by atoms with E-state index in [4.69, 9.17) is 10.5 Å². The highest BCUT2D eigenvalue weighted by Crippen LogP contribution is 2.33. The molecule has 0 saturated carbocycles. The maximum Gasteiger partial charge on any atom is 0.141 e. The van der Waals surface area contributed by atoms with Crippen LogP contribution in [0.15, 0.2) is 34.8 Å². The summed E-state index contributed by atoms with van der Waals surface area (Å²) in [5.41, 5.74) is 8.13. The molecule has 0 aliphatic rings. The number of halogens is 3. The second-order valence-electron chi connectivity index (χ2n) is 4.55. The van der Waals surface area contributed by atoms with Gasteiger partial charge in [0.25, 0.3) is 0 Å². The number of rotatable bonds is 3. The second-order valence-corrected chi connectivity index (χ2v) is 5.40. The van der Waals surface area contributed by atoms with Crippen LogP contribution in [0.25, 0.3) is 0 Å². The Kier molecular flexibility index (Phi) is 4.40. The molecular weight excluding hydrogens is 328 g/mol. The Balaban J connectivity index is 2.52. The zero-order chi connectivity index (χ0) is 14.9. The summed E-state index contributed by atoms with van der Waals surface area (Å²) in [6.45, 7) is 1.79. The first-order chi connectivity index (χ1) is 9.42. The third-order valence-corrected chi connectivity index (χ3v) is 3.64. The van der Waals surface area contributed by atoms with Crippen LogP contribution in [-0.4, -0.2) is 7.11 Å². The minimum absolute atomic E-state index is 0.289. The van der Waals surface area contributed by atoms with E-state index >= 15 is 0 Å². The Morgan fingerprint density at radius 2 is 1.85 bits per heavy atom. The molecule has 0 fully saturated rings. The molecule has 0 heterocycles. The monoisotopic (exact) mass is 341 g/mol. The third kappa shape index (κ3) is 2.99. The van der Waals surface area contributed by atoms with Crippen molar-refractivity contribution in [3.05, 3.63) is 63.1 Å². The van der Waals surface area contributed by atoms with Gasteiger partial charge in [0.2, 0.25) is 0 Å². The normalized spacial score (nSPS) is 12.3. The molecule has 20 heavy (non-hydrogen) atoms. The van der Waals surface area contributed by atoms with Crippen molar-refractivity contribution in [3.8, 4) is 5.75 Å². The first kappa shape index (κ1) is 14.9. The average molecular weight is 342 g/mol. The van der Waals surface area contributed by atoms with E-state index in [1.807, 2.05) is 0 Å². The van der Waals surface area contributed by atoms with Gasteiger partial charge in [0.05, 0.1) is 17.6 Å². The third-order valence-electron chi connectivity index (χ3n) is 3.03. The molecule has 1 atom stereocenters. The van der Waals surface area contributed by atoms with Gasteiger partial charge in [-0.05, 0) is 52.2 Å². The number of aryl methyl sites for hydroxylation is 1. The van der Waals surface area contributed by atoms with E-state index in [1.54, 1.807) is 19.1 Å². The molecule has 2 aromatic carbocycles. The Labute approximate surface area is 124 Å². The van der Waals surface area contributed by atoms with Crippen molar-refractivity contribution < 1.29 is 13.5 Å². The standard InChI is InChI=1S/C15H14BrF2NO/c1-8-3-9(5-10(17)4-8)15(19)11-6-12(16)13(18)7-14(11)20-2/h3-7,15H,19H2,1-2H3. The highest BCUT2D eigenvalue weighted by Gasteiger charge is 2.17. The first-order valence-corrected chi connectivity index (χ1v) is 6.77. The molecule has 0 amide bonds. The summed E-state index contributed by atoms with van der Waals surface area (Å²) in [5, 5.41) is 0. The van der Waals surface area contributed by atoms with Crippen LogP contribution < -0.4 is 10.5 Å². The van der Waals surface area contributed by atoms with Crippen LogP contribution in [0.3, 0.4) is 0 Å². The molecule has 0 bridgehead atoms. The van der Waals surface area contributed by atoms with E-state index in [0.717, 1.165) is 5.56 Å². The summed E-state index contributed by atoms with van der Waals surface area (Å²) in [7, 11) is 1.44. The maximum atomic E-state index is 13.5. The molecule has 2 nitrogen and oxygen atoms in total. The van der Waals surface area contributed by atoms with E-state index in [1.165, 1.54) is 25.3 Å². The fourth-order valence-electron chi connectivity index (χ4n) is 2.09. The van der Waals surface area contributed by atoms with Gasteiger partial charge in [-0.2, -0.15) is 0 Å². The largest absolute Gasteiger partial charge is 0.496 e. The average Bonchev–Trinajstić information content (AvgIpc) is 2.39. The minimum Gasteiger partial charge on any atom is -0.496 e. The van der Waals surface area contributed by atoms with Crippen LogP contribution in [0.1, 0.15) is 22.7 Å². The van der Waals surface area contributed by atoms with Crippen molar-refractivity contribution in [2.45, 2.75) is 13.0 Å². The number of ether oxygens (including phenoxy) is 1. The molecule has 0 aliphatic heterocycles. The molecule has 2 aromatic rings. The van der Waals surface area contributed by atoms with Gasteiger partial charge < -0.3 is 10.5 Å². The summed E-state index contributed by atoms with van der Waals surface area (Å²) < 4.78 is 32.4. The molecule has 0 saturated heterocycles. The van der Waals surface area contributed by atoms with E-state index in [-0.39, 0.29) is 10.3 Å². The number of hydrogen-bond donors (Lipinski definition) is 1. The number of methoxy groups -OCH3 is 1. The van der Waals surface area contributed by atoms with Crippen molar-refractivity contribution in [2.75, 3.05) is 7.11 Å². The van der Waals surface area contributed by atoms with Gasteiger partial charge >= 0.3 is 0 Å². The highest BCUT2D eigenvalue weighted by molar-refractivity contribution is 9.10. The van der Waals surface area contributed by atoms with Crippen molar-refractivity contribution in [2.24, 2.45) is 5.73 Å². The van der Waals surface area contributed by atoms with E-state index < -0.39 is 11.9 Å².